The number of methoxy groups -OCH3 is 1. The van der Waals surface area contributed by atoms with Crippen molar-refractivity contribution in [3.63, 3.8) is 0 Å². The average Bonchev–Trinajstić information content (AvgIpc) is 2.45. The van der Waals surface area contributed by atoms with Crippen LogP contribution < -0.4 is 5.32 Å². The van der Waals surface area contributed by atoms with Gasteiger partial charge in [0.2, 0.25) is 0 Å². The number of hydrogen-bond acceptors (Lipinski definition) is 4. The highest BCUT2D eigenvalue weighted by Gasteiger charge is 2.15. The van der Waals surface area contributed by atoms with E-state index < -0.39 is 12.0 Å². The molecule has 0 aromatic heterocycles. The summed E-state index contributed by atoms with van der Waals surface area (Å²) < 4.78 is 4.89. The number of aliphatic hydroxyl groups excluding tert-OH is 1. The van der Waals surface area contributed by atoms with Crippen LogP contribution in [0.2, 0.25) is 5.02 Å². The molecule has 0 spiro atoms. The number of aliphatic hydroxyl groups is 1. The number of hydrogen-bond donors (Lipinski definition) is 3. The van der Waals surface area contributed by atoms with Gasteiger partial charge in [-0.25, -0.2) is 9.59 Å². The Bertz CT molecular complexity index is 509. The molecule has 116 valence electrons. The first kappa shape index (κ1) is 17.2. The Balaban J connectivity index is 2.78. The van der Waals surface area contributed by atoms with E-state index in [9.17, 15) is 9.59 Å². The SMILES string of the molecule is COCCN(CCO)C(=O)Nc1ccc(C(=O)O)cc1Cl. The lowest BCUT2D eigenvalue weighted by Gasteiger charge is -2.22. The van der Waals surface area contributed by atoms with Crippen molar-refractivity contribution in [1.82, 2.24) is 4.90 Å². The highest BCUT2D eigenvalue weighted by atomic mass is 35.5. The predicted molar refractivity (Wildman–Crippen MR) is 78.0 cm³/mol. The third-order valence-corrected chi connectivity index (χ3v) is 2.99. The fourth-order valence-electron chi connectivity index (χ4n) is 1.58. The molecule has 0 aliphatic rings. The molecule has 0 aliphatic carbocycles. The van der Waals surface area contributed by atoms with Crippen LogP contribution in [-0.4, -0.2) is 60.5 Å². The minimum atomic E-state index is -1.10. The number of ether oxygens (including phenoxy) is 1. The van der Waals surface area contributed by atoms with E-state index in [0.717, 1.165) is 0 Å². The lowest BCUT2D eigenvalue weighted by atomic mass is 10.2. The molecule has 1 aromatic rings. The zero-order valence-electron chi connectivity index (χ0n) is 11.5. The number of carbonyl (C=O) groups is 2. The van der Waals surface area contributed by atoms with Crippen LogP contribution in [0.15, 0.2) is 18.2 Å². The average molecular weight is 317 g/mol. The molecule has 21 heavy (non-hydrogen) atoms. The largest absolute Gasteiger partial charge is 0.478 e. The molecular weight excluding hydrogens is 300 g/mol. The Morgan fingerprint density at radius 1 is 1.38 bits per heavy atom. The Labute approximate surface area is 127 Å². The number of carboxylic acid groups (broad SMARTS) is 1. The minimum absolute atomic E-state index is 0.0320. The molecule has 0 bridgehead atoms. The van der Waals surface area contributed by atoms with Crippen LogP contribution in [0.25, 0.3) is 0 Å². The maximum atomic E-state index is 12.1. The van der Waals surface area contributed by atoms with Gasteiger partial charge in [0.25, 0.3) is 0 Å². The second-order valence-corrected chi connectivity index (χ2v) is 4.54. The van der Waals surface area contributed by atoms with E-state index in [1.165, 1.54) is 30.2 Å². The Hall–Kier alpha value is -1.83. The standard InChI is InChI=1S/C13H17ClN2O5/c1-21-7-5-16(4-6-17)13(20)15-11-3-2-9(12(18)19)8-10(11)14/h2-3,8,17H,4-7H2,1H3,(H,15,20)(H,18,19). The summed E-state index contributed by atoms with van der Waals surface area (Å²) in [5.41, 5.74) is 0.330. The summed E-state index contributed by atoms with van der Waals surface area (Å²) in [4.78, 5) is 24.2. The van der Waals surface area contributed by atoms with Crippen molar-refractivity contribution in [3.8, 4) is 0 Å². The smallest absolute Gasteiger partial charge is 0.335 e. The molecule has 1 rings (SSSR count). The summed E-state index contributed by atoms with van der Waals surface area (Å²) in [6.45, 7) is 0.621. The van der Waals surface area contributed by atoms with Crippen molar-refractivity contribution in [1.29, 1.82) is 0 Å². The first-order valence-corrected chi connectivity index (χ1v) is 6.56. The number of nitrogens with zero attached hydrogens (tertiary/aromatic N) is 1. The number of rotatable bonds is 7. The fraction of sp³-hybridized carbons (Fsp3) is 0.385. The van der Waals surface area contributed by atoms with Gasteiger partial charge in [-0.2, -0.15) is 0 Å². The highest BCUT2D eigenvalue weighted by molar-refractivity contribution is 6.34. The molecule has 0 radical (unpaired) electrons. The van der Waals surface area contributed by atoms with E-state index in [0.29, 0.717) is 18.8 Å². The van der Waals surface area contributed by atoms with Crippen LogP contribution in [0.3, 0.4) is 0 Å². The maximum Gasteiger partial charge on any atom is 0.335 e. The third kappa shape index (κ3) is 5.22. The van der Waals surface area contributed by atoms with Crippen molar-refractivity contribution >= 4 is 29.3 Å². The molecule has 0 fully saturated rings. The van der Waals surface area contributed by atoms with Crippen LogP contribution in [0.4, 0.5) is 10.5 Å². The Morgan fingerprint density at radius 3 is 2.62 bits per heavy atom. The number of nitrogens with one attached hydrogen (secondary N) is 1. The molecule has 0 saturated carbocycles. The van der Waals surface area contributed by atoms with Gasteiger partial charge in [-0.05, 0) is 18.2 Å². The molecule has 0 atom stereocenters. The van der Waals surface area contributed by atoms with Crippen LogP contribution >= 0.6 is 11.6 Å². The van der Waals surface area contributed by atoms with Gasteiger partial charge < -0.3 is 25.2 Å². The molecule has 8 heteroatoms. The van der Waals surface area contributed by atoms with E-state index in [-0.39, 0.29) is 23.7 Å². The van der Waals surface area contributed by atoms with Gasteiger partial charge in [0, 0.05) is 20.2 Å². The van der Waals surface area contributed by atoms with Crippen molar-refractivity contribution in [2.45, 2.75) is 0 Å². The highest BCUT2D eigenvalue weighted by Crippen LogP contribution is 2.23. The van der Waals surface area contributed by atoms with Crippen LogP contribution in [0, 0.1) is 0 Å². The van der Waals surface area contributed by atoms with E-state index in [4.69, 9.17) is 26.6 Å². The monoisotopic (exact) mass is 316 g/mol. The van der Waals surface area contributed by atoms with Crippen LogP contribution in [-0.2, 0) is 4.74 Å². The van der Waals surface area contributed by atoms with Gasteiger partial charge in [-0.3, -0.25) is 0 Å². The summed E-state index contributed by atoms with van der Waals surface area (Å²) in [7, 11) is 1.51. The summed E-state index contributed by atoms with van der Waals surface area (Å²) in [6, 6.07) is 3.56. The van der Waals surface area contributed by atoms with Crippen molar-refractivity contribution in [2.24, 2.45) is 0 Å². The Morgan fingerprint density at radius 2 is 2.10 bits per heavy atom. The van der Waals surface area contributed by atoms with Crippen LogP contribution in [0.1, 0.15) is 10.4 Å². The first-order chi connectivity index (χ1) is 9.99. The summed E-state index contributed by atoms with van der Waals surface area (Å²) in [5, 5.41) is 20.5. The number of urea groups is 1. The fourth-order valence-corrected chi connectivity index (χ4v) is 1.81. The topological polar surface area (TPSA) is 99.1 Å². The van der Waals surface area contributed by atoms with Gasteiger partial charge in [0.1, 0.15) is 0 Å². The van der Waals surface area contributed by atoms with Gasteiger partial charge >= 0.3 is 12.0 Å². The molecule has 0 heterocycles. The summed E-state index contributed by atoms with van der Waals surface area (Å²) in [6.07, 6.45) is 0. The van der Waals surface area contributed by atoms with Crippen LogP contribution in [0.5, 0.6) is 0 Å². The second-order valence-electron chi connectivity index (χ2n) is 4.13. The van der Waals surface area contributed by atoms with E-state index in [1.54, 1.807) is 0 Å². The molecule has 3 N–H and O–H groups in total. The van der Waals surface area contributed by atoms with Crippen molar-refractivity contribution in [3.05, 3.63) is 28.8 Å². The first-order valence-electron chi connectivity index (χ1n) is 6.18. The summed E-state index contributed by atoms with van der Waals surface area (Å²) >= 11 is 5.93. The molecule has 0 unspecified atom stereocenters. The Kier molecular flexibility index (Phi) is 6.93. The van der Waals surface area contributed by atoms with E-state index in [1.807, 2.05) is 0 Å². The predicted octanol–water partition coefficient (Wildman–Crippen LogP) is 1.51. The van der Waals surface area contributed by atoms with Crippen molar-refractivity contribution in [2.75, 3.05) is 38.7 Å². The molecular formula is C13H17ClN2O5. The van der Waals surface area contributed by atoms with Gasteiger partial charge in [-0.1, -0.05) is 11.6 Å². The second kappa shape index (κ2) is 8.46. The number of halogens is 1. The number of carboxylic acids is 1. The summed E-state index contributed by atoms with van der Waals surface area (Å²) in [5.74, 6) is -1.10. The maximum absolute atomic E-state index is 12.1. The number of anilines is 1. The molecule has 2 amide bonds. The number of aromatic carboxylic acids is 1. The zero-order chi connectivity index (χ0) is 15.8. The lowest BCUT2D eigenvalue weighted by Crippen LogP contribution is -2.39. The zero-order valence-corrected chi connectivity index (χ0v) is 12.3. The quantitative estimate of drug-likeness (QED) is 0.708. The third-order valence-electron chi connectivity index (χ3n) is 2.68. The van der Waals surface area contributed by atoms with Crippen molar-refractivity contribution < 1.29 is 24.5 Å². The molecule has 7 nitrogen and oxygen atoms in total. The molecule has 0 aliphatic heterocycles. The van der Waals surface area contributed by atoms with E-state index >= 15 is 0 Å². The van der Waals surface area contributed by atoms with Gasteiger partial charge in [-0.15, -0.1) is 0 Å². The van der Waals surface area contributed by atoms with Gasteiger partial charge in [0.15, 0.2) is 0 Å². The number of benzene rings is 1. The number of carbonyl (C=O) groups excluding carboxylic acids is 1. The minimum Gasteiger partial charge on any atom is -0.478 e. The molecule has 0 saturated heterocycles. The van der Waals surface area contributed by atoms with Gasteiger partial charge in [0.05, 0.1) is 29.5 Å². The molecule has 1 aromatic carbocycles. The normalized spacial score (nSPS) is 10.2. The lowest BCUT2D eigenvalue weighted by molar-refractivity contribution is 0.0697. The number of amides is 2. The van der Waals surface area contributed by atoms with E-state index in [2.05, 4.69) is 5.32 Å².